The number of amides is 1. The van der Waals surface area contributed by atoms with Gasteiger partial charge in [0.2, 0.25) is 0 Å². The molecule has 0 fully saturated rings. The van der Waals surface area contributed by atoms with E-state index in [4.69, 9.17) is 9.15 Å². The lowest BCUT2D eigenvalue weighted by molar-refractivity contribution is 0.0983. The van der Waals surface area contributed by atoms with E-state index >= 15 is 0 Å². The number of ether oxygens (including phenoxy) is 1. The van der Waals surface area contributed by atoms with Crippen LogP contribution < -0.4 is 9.64 Å². The van der Waals surface area contributed by atoms with Crippen LogP contribution in [0.1, 0.15) is 16.1 Å². The maximum absolute atomic E-state index is 13.6. The first-order chi connectivity index (χ1) is 16.9. The molecule has 176 valence electrons. The van der Waals surface area contributed by atoms with Crippen LogP contribution >= 0.6 is 11.3 Å². The highest BCUT2D eigenvalue weighted by molar-refractivity contribution is 7.90. The molecule has 0 spiro atoms. The van der Waals surface area contributed by atoms with Crippen molar-refractivity contribution in [3.63, 3.8) is 0 Å². The smallest absolute Gasteiger partial charge is 0.260 e. The summed E-state index contributed by atoms with van der Waals surface area (Å²) in [6.45, 7) is 0.173. The standard InChI is InChI=1S/C26H20N2O5S2/c1-35(30,31)22-13-14-23-24(16-22)34-26(27-23)28(17-21-8-5-15-32-21)25(29)18-9-11-20(12-10-18)33-19-6-3-2-4-7-19/h2-16H,17H2,1H3. The number of benzene rings is 3. The summed E-state index contributed by atoms with van der Waals surface area (Å²) in [6.07, 6.45) is 2.71. The summed E-state index contributed by atoms with van der Waals surface area (Å²) in [5.41, 5.74) is 1.06. The van der Waals surface area contributed by atoms with Crippen LogP contribution in [0.4, 0.5) is 5.13 Å². The summed E-state index contributed by atoms with van der Waals surface area (Å²) in [7, 11) is -3.36. The average Bonchev–Trinajstić information content (AvgIpc) is 3.52. The van der Waals surface area contributed by atoms with E-state index in [0.717, 1.165) is 6.26 Å². The van der Waals surface area contributed by atoms with Crippen molar-refractivity contribution < 1.29 is 22.4 Å². The Kier molecular flexibility index (Phi) is 6.10. The quantitative estimate of drug-likeness (QED) is 0.273. The Morgan fingerprint density at radius 1 is 0.971 bits per heavy atom. The molecule has 0 saturated heterocycles. The molecule has 0 aliphatic rings. The van der Waals surface area contributed by atoms with E-state index in [2.05, 4.69) is 4.98 Å². The fourth-order valence-corrected chi connectivity index (χ4v) is 5.19. The van der Waals surface area contributed by atoms with Gasteiger partial charge in [0.25, 0.3) is 5.91 Å². The molecule has 7 nitrogen and oxygen atoms in total. The van der Waals surface area contributed by atoms with Gasteiger partial charge in [-0.15, -0.1) is 0 Å². The number of sulfone groups is 1. The van der Waals surface area contributed by atoms with Gasteiger partial charge in [-0.3, -0.25) is 9.69 Å². The number of fused-ring (bicyclic) bond motifs is 1. The lowest BCUT2D eigenvalue weighted by atomic mass is 10.2. The summed E-state index contributed by atoms with van der Waals surface area (Å²) < 4.78 is 35.9. The summed E-state index contributed by atoms with van der Waals surface area (Å²) >= 11 is 1.25. The number of nitrogens with zero attached hydrogens (tertiary/aromatic N) is 2. The largest absolute Gasteiger partial charge is 0.467 e. The monoisotopic (exact) mass is 504 g/mol. The van der Waals surface area contributed by atoms with Crippen LogP contribution in [-0.2, 0) is 16.4 Å². The molecular weight excluding hydrogens is 484 g/mol. The van der Waals surface area contributed by atoms with Crippen molar-refractivity contribution in [1.82, 2.24) is 4.98 Å². The molecule has 0 aliphatic heterocycles. The van der Waals surface area contributed by atoms with Crippen molar-refractivity contribution >= 4 is 42.4 Å². The second kappa shape index (κ2) is 9.36. The number of carbonyl (C=O) groups is 1. The number of rotatable bonds is 7. The Labute approximate surface area is 206 Å². The van der Waals surface area contributed by atoms with Gasteiger partial charge in [0.05, 0.1) is 27.9 Å². The molecule has 35 heavy (non-hydrogen) atoms. The number of thiazole rings is 1. The van der Waals surface area contributed by atoms with Crippen LogP contribution in [-0.4, -0.2) is 25.6 Å². The highest BCUT2D eigenvalue weighted by atomic mass is 32.2. The Hall–Kier alpha value is -3.95. The zero-order chi connectivity index (χ0) is 24.4. The van der Waals surface area contributed by atoms with E-state index < -0.39 is 9.84 Å². The third-order valence-electron chi connectivity index (χ3n) is 5.23. The number of para-hydroxylation sites is 1. The fourth-order valence-electron chi connectivity index (χ4n) is 3.47. The van der Waals surface area contributed by atoms with E-state index in [9.17, 15) is 13.2 Å². The lowest BCUT2D eigenvalue weighted by Gasteiger charge is -2.19. The number of hydrogen-bond acceptors (Lipinski definition) is 7. The minimum absolute atomic E-state index is 0.173. The van der Waals surface area contributed by atoms with E-state index in [-0.39, 0.29) is 17.3 Å². The zero-order valence-corrected chi connectivity index (χ0v) is 20.3. The highest BCUT2D eigenvalue weighted by Crippen LogP contribution is 2.33. The van der Waals surface area contributed by atoms with E-state index in [1.54, 1.807) is 54.8 Å². The van der Waals surface area contributed by atoms with Gasteiger partial charge in [-0.05, 0) is 66.7 Å². The molecule has 3 aromatic carbocycles. The number of furan rings is 1. The number of hydrogen-bond donors (Lipinski definition) is 0. The van der Waals surface area contributed by atoms with E-state index in [0.29, 0.717) is 38.2 Å². The van der Waals surface area contributed by atoms with Gasteiger partial charge in [-0.2, -0.15) is 0 Å². The predicted octanol–water partition coefficient (Wildman–Crippen LogP) is 5.93. The van der Waals surface area contributed by atoms with Gasteiger partial charge in [-0.25, -0.2) is 13.4 Å². The van der Waals surface area contributed by atoms with Crippen molar-refractivity contribution in [2.24, 2.45) is 0 Å². The molecule has 5 rings (SSSR count). The average molecular weight is 505 g/mol. The van der Waals surface area contributed by atoms with E-state index in [1.165, 1.54) is 22.3 Å². The van der Waals surface area contributed by atoms with Crippen LogP contribution in [0.25, 0.3) is 10.2 Å². The molecule has 0 unspecified atom stereocenters. The Morgan fingerprint density at radius 3 is 2.40 bits per heavy atom. The Balaban J connectivity index is 1.46. The van der Waals surface area contributed by atoms with Crippen LogP contribution in [0, 0.1) is 0 Å². The molecule has 0 radical (unpaired) electrons. The lowest BCUT2D eigenvalue weighted by Crippen LogP contribution is -2.30. The van der Waals surface area contributed by atoms with Crippen LogP contribution in [0.15, 0.2) is 101 Å². The number of aromatic nitrogens is 1. The maximum atomic E-state index is 13.6. The minimum Gasteiger partial charge on any atom is -0.467 e. The third-order valence-corrected chi connectivity index (χ3v) is 7.38. The normalized spacial score (nSPS) is 11.5. The van der Waals surface area contributed by atoms with Gasteiger partial charge < -0.3 is 9.15 Å². The second-order valence-electron chi connectivity index (χ2n) is 7.81. The molecule has 0 bridgehead atoms. The molecule has 2 heterocycles. The van der Waals surface area contributed by atoms with Crippen LogP contribution in [0.3, 0.4) is 0 Å². The first-order valence-corrected chi connectivity index (χ1v) is 13.4. The molecule has 5 aromatic rings. The first kappa shape index (κ1) is 22.8. The summed E-state index contributed by atoms with van der Waals surface area (Å²) in [5.74, 6) is 1.64. The molecule has 0 N–H and O–H groups in total. The van der Waals surface area contributed by atoms with Crippen molar-refractivity contribution in [3.05, 3.63) is 103 Å². The third kappa shape index (κ3) is 5.11. The maximum Gasteiger partial charge on any atom is 0.260 e. The summed E-state index contributed by atoms with van der Waals surface area (Å²) in [5, 5.41) is 0.441. The summed E-state index contributed by atoms with van der Waals surface area (Å²) in [6, 6.07) is 24.5. The molecule has 0 aliphatic carbocycles. The molecule has 1 amide bonds. The first-order valence-electron chi connectivity index (χ1n) is 10.6. The van der Waals surface area contributed by atoms with Crippen molar-refractivity contribution in [2.45, 2.75) is 11.4 Å². The van der Waals surface area contributed by atoms with Gasteiger partial charge >= 0.3 is 0 Å². The van der Waals surface area contributed by atoms with Gasteiger partial charge in [0.15, 0.2) is 15.0 Å². The predicted molar refractivity (Wildman–Crippen MR) is 135 cm³/mol. The van der Waals surface area contributed by atoms with E-state index in [1.807, 2.05) is 30.3 Å². The fraction of sp³-hybridized carbons (Fsp3) is 0.0769. The Morgan fingerprint density at radius 2 is 1.71 bits per heavy atom. The van der Waals surface area contributed by atoms with Crippen LogP contribution in [0.2, 0.25) is 0 Å². The number of carbonyl (C=O) groups excluding carboxylic acids is 1. The topological polar surface area (TPSA) is 89.7 Å². The van der Waals surface area contributed by atoms with Crippen molar-refractivity contribution in [2.75, 3.05) is 11.2 Å². The molecule has 9 heteroatoms. The van der Waals surface area contributed by atoms with Gasteiger partial charge in [-0.1, -0.05) is 29.5 Å². The molecular formula is C26H20N2O5S2. The Bertz CT molecular complexity index is 1580. The molecule has 0 atom stereocenters. The second-order valence-corrected chi connectivity index (χ2v) is 10.8. The highest BCUT2D eigenvalue weighted by Gasteiger charge is 2.23. The van der Waals surface area contributed by atoms with Gasteiger partial charge in [0, 0.05) is 11.8 Å². The van der Waals surface area contributed by atoms with Gasteiger partial charge in [0.1, 0.15) is 17.3 Å². The van der Waals surface area contributed by atoms with Crippen molar-refractivity contribution in [3.8, 4) is 11.5 Å². The molecule has 2 aromatic heterocycles. The SMILES string of the molecule is CS(=O)(=O)c1ccc2nc(N(Cc3ccco3)C(=O)c3ccc(Oc4ccccc4)cc3)sc2c1. The van der Waals surface area contributed by atoms with Crippen molar-refractivity contribution in [1.29, 1.82) is 0 Å². The van der Waals surface area contributed by atoms with Crippen LogP contribution in [0.5, 0.6) is 11.5 Å². The zero-order valence-electron chi connectivity index (χ0n) is 18.6. The summed E-state index contributed by atoms with van der Waals surface area (Å²) in [4.78, 5) is 19.9. The molecule has 0 saturated carbocycles. The minimum atomic E-state index is -3.36. The number of anilines is 1.